The van der Waals surface area contributed by atoms with Gasteiger partial charge in [-0.05, 0) is 50.9 Å². The molecule has 0 N–H and O–H groups in total. The minimum absolute atomic E-state index is 0.238. The Morgan fingerprint density at radius 2 is 1.76 bits per heavy atom. The molecule has 1 aliphatic rings. The lowest BCUT2D eigenvalue weighted by molar-refractivity contribution is 0.234. The van der Waals surface area contributed by atoms with Crippen LogP contribution in [-0.4, -0.2) is 45.1 Å². The lowest BCUT2D eigenvalue weighted by Crippen LogP contribution is -2.27. The Morgan fingerprint density at radius 3 is 2.52 bits per heavy atom. The summed E-state index contributed by atoms with van der Waals surface area (Å²) in [6.07, 6.45) is 4.24. The first-order valence-electron chi connectivity index (χ1n) is 11.8. The van der Waals surface area contributed by atoms with Crippen molar-refractivity contribution in [2.24, 2.45) is 0 Å². The maximum absolute atomic E-state index is 5.07. The first-order chi connectivity index (χ1) is 16.0. The highest BCUT2D eigenvalue weighted by atomic mass is 15.3. The van der Waals surface area contributed by atoms with Crippen molar-refractivity contribution in [2.75, 3.05) is 25.5 Å². The van der Waals surface area contributed by atoms with Gasteiger partial charge in [0.15, 0.2) is 0 Å². The highest BCUT2D eigenvalue weighted by molar-refractivity contribution is 5.76. The van der Waals surface area contributed by atoms with Crippen LogP contribution in [0.3, 0.4) is 0 Å². The Kier molecular flexibility index (Phi) is 5.85. The number of fused-ring (bicyclic) bond motifs is 1. The van der Waals surface area contributed by atoms with Crippen LogP contribution in [-0.2, 0) is 6.54 Å². The smallest absolute Gasteiger partial charge is 0.225 e. The normalized spacial score (nSPS) is 16.7. The standard InChI is InChI=1S/C27H32N6/c1-19(2)33-23-14-9-8-13-22(23)29-25(33)18-32-16-10-15-24(32)26-21(20-11-6-5-7-12-20)17-28-27(30-26)31(3)4/h5-9,11-14,17,19,24H,10,15-16,18H2,1-4H3. The van der Waals surface area contributed by atoms with Crippen LogP contribution in [0.5, 0.6) is 0 Å². The molecule has 33 heavy (non-hydrogen) atoms. The molecule has 170 valence electrons. The van der Waals surface area contributed by atoms with Crippen molar-refractivity contribution in [2.45, 2.75) is 45.3 Å². The number of likely N-dealkylation sites (tertiary alicyclic amines) is 1. The molecule has 6 heteroatoms. The Hall–Kier alpha value is -3.25. The Labute approximate surface area is 195 Å². The van der Waals surface area contributed by atoms with E-state index in [-0.39, 0.29) is 6.04 Å². The third kappa shape index (κ3) is 4.11. The highest BCUT2D eigenvalue weighted by Crippen LogP contribution is 2.38. The largest absolute Gasteiger partial charge is 0.347 e. The van der Waals surface area contributed by atoms with Gasteiger partial charge in [-0.25, -0.2) is 15.0 Å². The van der Waals surface area contributed by atoms with Crippen LogP contribution in [0.25, 0.3) is 22.2 Å². The van der Waals surface area contributed by atoms with Crippen LogP contribution in [0.4, 0.5) is 5.95 Å². The zero-order chi connectivity index (χ0) is 22.9. The van der Waals surface area contributed by atoms with Gasteiger partial charge in [-0.2, -0.15) is 0 Å². The van der Waals surface area contributed by atoms with E-state index in [0.717, 1.165) is 54.5 Å². The number of benzene rings is 2. The molecule has 1 unspecified atom stereocenters. The van der Waals surface area contributed by atoms with E-state index in [1.807, 2.05) is 25.2 Å². The third-order valence-corrected chi connectivity index (χ3v) is 6.50. The maximum atomic E-state index is 5.07. The van der Waals surface area contributed by atoms with E-state index in [1.165, 1.54) is 11.1 Å². The van der Waals surface area contributed by atoms with Crippen LogP contribution in [0.1, 0.15) is 50.3 Å². The van der Waals surface area contributed by atoms with Gasteiger partial charge in [0.25, 0.3) is 0 Å². The molecule has 0 amide bonds. The van der Waals surface area contributed by atoms with Gasteiger partial charge in [0.05, 0.1) is 29.3 Å². The molecule has 5 rings (SSSR count). The van der Waals surface area contributed by atoms with Crippen molar-refractivity contribution in [1.29, 1.82) is 0 Å². The third-order valence-electron chi connectivity index (χ3n) is 6.50. The lowest BCUT2D eigenvalue weighted by Gasteiger charge is -2.27. The SMILES string of the molecule is CC(C)n1c(CN2CCCC2c2nc(N(C)C)ncc2-c2ccccc2)nc2ccccc21. The van der Waals surface area contributed by atoms with E-state index >= 15 is 0 Å². The maximum Gasteiger partial charge on any atom is 0.225 e. The molecule has 2 aromatic carbocycles. The van der Waals surface area contributed by atoms with Crippen LogP contribution < -0.4 is 4.90 Å². The molecular weight excluding hydrogens is 408 g/mol. The van der Waals surface area contributed by atoms with Crippen LogP contribution in [0, 0.1) is 0 Å². The fourth-order valence-electron chi connectivity index (χ4n) is 4.98. The summed E-state index contributed by atoms with van der Waals surface area (Å²) in [6, 6.07) is 19.6. The average molecular weight is 441 g/mol. The summed E-state index contributed by atoms with van der Waals surface area (Å²) in [4.78, 5) is 19.3. The van der Waals surface area contributed by atoms with Gasteiger partial charge < -0.3 is 9.47 Å². The molecule has 0 aliphatic carbocycles. The predicted octanol–water partition coefficient (Wildman–Crippen LogP) is 5.48. The number of hydrogen-bond acceptors (Lipinski definition) is 5. The quantitative estimate of drug-likeness (QED) is 0.397. The van der Waals surface area contributed by atoms with Gasteiger partial charge in [-0.1, -0.05) is 42.5 Å². The summed E-state index contributed by atoms with van der Waals surface area (Å²) in [6.45, 7) is 6.33. The molecule has 2 aromatic heterocycles. The number of rotatable bonds is 6. The molecule has 1 aliphatic heterocycles. The summed E-state index contributed by atoms with van der Waals surface area (Å²) in [5.41, 5.74) is 5.68. The fourth-order valence-corrected chi connectivity index (χ4v) is 4.98. The van der Waals surface area contributed by atoms with Crippen molar-refractivity contribution in [3.8, 4) is 11.1 Å². The molecule has 4 aromatic rings. The van der Waals surface area contributed by atoms with E-state index < -0.39 is 0 Å². The van der Waals surface area contributed by atoms with Crippen LogP contribution in [0.2, 0.25) is 0 Å². The van der Waals surface area contributed by atoms with Gasteiger partial charge in [0, 0.05) is 31.9 Å². The van der Waals surface area contributed by atoms with Crippen molar-refractivity contribution in [1.82, 2.24) is 24.4 Å². The fraction of sp³-hybridized carbons (Fsp3) is 0.370. The minimum atomic E-state index is 0.238. The number of aromatic nitrogens is 4. The molecule has 1 saturated heterocycles. The van der Waals surface area contributed by atoms with Gasteiger partial charge in [-0.15, -0.1) is 0 Å². The zero-order valence-electron chi connectivity index (χ0n) is 19.9. The summed E-state index contributed by atoms with van der Waals surface area (Å²) in [5.74, 6) is 1.88. The highest BCUT2D eigenvalue weighted by Gasteiger charge is 2.31. The molecule has 0 radical (unpaired) electrons. The molecule has 1 atom stereocenters. The van der Waals surface area contributed by atoms with Crippen LogP contribution >= 0.6 is 0 Å². The summed E-state index contributed by atoms with van der Waals surface area (Å²) in [5, 5.41) is 0. The lowest BCUT2D eigenvalue weighted by atomic mass is 10.00. The molecule has 6 nitrogen and oxygen atoms in total. The Morgan fingerprint density at radius 1 is 1.00 bits per heavy atom. The monoisotopic (exact) mass is 440 g/mol. The Bertz CT molecular complexity index is 1240. The Balaban J connectivity index is 1.55. The zero-order valence-corrected chi connectivity index (χ0v) is 19.9. The minimum Gasteiger partial charge on any atom is -0.347 e. The number of nitrogens with zero attached hydrogens (tertiary/aromatic N) is 6. The van der Waals surface area contributed by atoms with Gasteiger partial charge >= 0.3 is 0 Å². The van der Waals surface area contributed by atoms with E-state index in [2.05, 4.69) is 82.9 Å². The summed E-state index contributed by atoms with van der Waals surface area (Å²) < 4.78 is 2.38. The van der Waals surface area contributed by atoms with E-state index in [1.54, 1.807) is 0 Å². The van der Waals surface area contributed by atoms with Crippen molar-refractivity contribution in [3.63, 3.8) is 0 Å². The number of para-hydroxylation sites is 2. The van der Waals surface area contributed by atoms with Crippen molar-refractivity contribution >= 4 is 17.0 Å². The van der Waals surface area contributed by atoms with Gasteiger partial charge in [0.2, 0.25) is 5.95 Å². The first kappa shape index (κ1) is 21.6. The molecule has 1 fully saturated rings. The van der Waals surface area contributed by atoms with Crippen LogP contribution in [0.15, 0.2) is 60.8 Å². The molecule has 0 bridgehead atoms. The van der Waals surface area contributed by atoms with E-state index in [4.69, 9.17) is 9.97 Å². The summed E-state index contributed by atoms with van der Waals surface area (Å²) >= 11 is 0. The van der Waals surface area contributed by atoms with Gasteiger partial charge in [0.1, 0.15) is 5.82 Å². The average Bonchev–Trinajstić information content (AvgIpc) is 3.43. The van der Waals surface area contributed by atoms with Crippen molar-refractivity contribution < 1.29 is 0 Å². The predicted molar refractivity (Wildman–Crippen MR) is 134 cm³/mol. The van der Waals surface area contributed by atoms with E-state index in [0.29, 0.717) is 6.04 Å². The second-order valence-corrected chi connectivity index (χ2v) is 9.34. The second kappa shape index (κ2) is 8.94. The first-order valence-corrected chi connectivity index (χ1v) is 11.8. The van der Waals surface area contributed by atoms with E-state index in [9.17, 15) is 0 Å². The topological polar surface area (TPSA) is 50.1 Å². The number of anilines is 1. The number of imidazole rings is 1. The second-order valence-electron chi connectivity index (χ2n) is 9.34. The van der Waals surface area contributed by atoms with Crippen molar-refractivity contribution in [3.05, 3.63) is 72.3 Å². The van der Waals surface area contributed by atoms with Gasteiger partial charge in [-0.3, -0.25) is 4.90 Å². The molecular formula is C27H32N6. The molecule has 3 heterocycles. The molecule has 0 spiro atoms. The summed E-state index contributed by atoms with van der Waals surface area (Å²) in [7, 11) is 4.00. The molecule has 0 saturated carbocycles. The number of hydrogen-bond donors (Lipinski definition) is 0.